The van der Waals surface area contributed by atoms with Crippen molar-refractivity contribution in [1.29, 1.82) is 0 Å². The summed E-state index contributed by atoms with van der Waals surface area (Å²) in [4.78, 5) is 23.0. The first-order valence-corrected chi connectivity index (χ1v) is 11.1. The van der Waals surface area contributed by atoms with Crippen molar-refractivity contribution >= 4 is 17.7 Å². The fourth-order valence-corrected chi connectivity index (χ4v) is 4.20. The summed E-state index contributed by atoms with van der Waals surface area (Å²) >= 11 is 1.38. The van der Waals surface area contributed by atoms with Gasteiger partial charge in [0.15, 0.2) is 5.16 Å². The highest BCUT2D eigenvalue weighted by Crippen LogP contribution is 2.16. The molecule has 5 nitrogen and oxygen atoms in total. The minimum atomic E-state index is 0.0577. The molecule has 28 heavy (non-hydrogen) atoms. The summed E-state index contributed by atoms with van der Waals surface area (Å²) in [5.41, 5.74) is 2.75. The number of aromatic nitrogens is 2. The maximum Gasteiger partial charge on any atom is 0.230 e. The minimum Gasteiger partial charge on any atom is -0.351 e. The number of hydrogen-bond donors (Lipinski definition) is 1. The molecule has 1 N–H and O–H groups in total. The Morgan fingerprint density at radius 3 is 2.64 bits per heavy atom. The number of carbonyl (C=O) groups is 1. The SMILES string of the molecule is CC(C)Cc1ccc(CN2CCCC(NC(=O)CSc3ncccn3)C2)cc1. The highest BCUT2D eigenvalue weighted by molar-refractivity contribution is 7.99. The zero-order chi connectivity index (χ0) is 19.8. The third-order valence-electron chi connectivity index (χ3n) is 4.82. The van der Waals surface area contributed by atoms with Crippen LogP contribution in [0, 0.1) is 5.92 Å². The minimum absolute atomic E-state index is 0.0577. The van der Waals surface area contributed by atoms with E-state index in [9.17, 15) is 4.79 Å². The Bertz CT molecular complexity index is 736. The van der Waals surface area contributed by atoms with E-state index in [1.165, 1.54) is 22.9 Å². The second-order valence-corrected chi connectivity index (χ2v) is 8.82. The predicted molar refractivity (Wildman–Crippen MR) is 114 cm³/mol. The summed E-state index contributed by atoms with van der Waals surface area (Å²) < 4.78 is 0. The number of rotatable bonds is 8. The third-order valence-corrected chi connectivity index (χ3v) is 5.69. The molecule has 1 aromatic heterocycles. The molecule has 0 radical (unpaired) electrons. The van der Waals surface area contributed by atoms with Gasteiger partial charge in [0, 0.05) is 31.5 Å². The van der Waals surface area contributed by atoms with Gasteiger partial charge < -0.3 is 5.32 Å². The van der Waals surface area contributed by atoms with E-state index in [1.54, 1.807) is 18.5 Å². The molecule has 1 saturated heterocycles. The Hall–Kier alpha value is -1.92. The Morgan fingerprint density at radius 1 is 1.21 bits per heavy atom. The topological polar surface area (TPSA) is 58.1 Å². The highest BCUT2D eigenvalue weighted by atomic mass is 32.2. The van der Waals surface area contributed by atoms with Crippen LogP contribution in [0.1, 0.15) is 37.8 Å². The lowest BCUT2D eigenvalue weighted by atomic mass is 10.0. The molecule has 1 aliphatic rings. The number of piperidine rings is 1. The van der Waals surface area contributed by atoms with Gasteiger partial charge in [-0.2, -0.15) is 0 Å². The molecule has 1 aromatic carbocycles. The van der Waals surface area contributed by atoms with Gasteiger partial charge in [-0.3, -0.25) is 9.69 Å². The first kappa shape index (κ1) is 20.8. The van der Waals surface area contributed by atoms with Crippen molar-refractivity contribution in [3.05, 3.63) is 53.9 Å². The molecule has 0 aliphatic carbocycles. The highest BCUT2D eigenvalue weighted by Gasteiger charge is 2.21. The van der Waals surface area contributed by atoms with Gasteiger partial charge >= 0.3 is 0 Å². The number of amides is 1. The van der Waals surface area contributed by atoms with Gasteiger partial charge in [0.25, 0.3) is 0 Å². The predicted octanol–water partition coefficient (Wildman–Crippen LogP) is 3.55. The van der Waals surface area contributed by atoms with Gasteiger partial charge in [-0.1, -0.05) is 49.9 Å². The van der Waals surface area contributed by atoms with E-state index >= 15 is 0 Å². The molecule has 1 amide bonds. The smallest absolute Gasteiger partial charge is 0.230 e. The molecule has 6 heteroatoms. The summed E-state index contributed by atoms with van der Waals surface area (Å²) in [6.07, 6.45) is 6.68. The van der Waals surface area contributed by atoms with Gasteiger partial charge in [0.1, 0.15) is 0 Å². The molecular formula is C22H30N4OS. The van der Waals surface area contributed by atoms with Crippen LogP contribution >= 0.6 is 11.8 Å². The van der Waals surface area contributed by atoms with Gasteiger partial charge in [-0.15, -0.1) is 0 Å². The van der Waals surface area contributed by atoms with E-state index in [1.807, 2.05) is 0 Å². The molecule has 2 heterocycles. The van der Waals surface area contributed by atoms with Crippen LogP contribution in [0.5, 0.6) is 0 Å². The average molecular weight is 399 g/mol. The molecule has 3 rings (SSSR count). The second kappa shape index (κ2) is 10.6. The zero-order valence-electron chi connectivity index (χ0n) is 16.8. The Balaban J connectivity index is 1.44. The maximum atomic E-state index is 12.3. The van der Waals surface area contributed by atoms with Gasteiger partial charge in [0.2, 0.25) is 5.91 Å². The molecule has 1 unspecified atom stereocenters. The largest absolute Gasteiger partial charge is 0.351 e. The maximum absolute atomic E-state index is 12.3. The van der Waals surface area contributed by atoms with Crippen LogP contribution in [0.2, 0.25) is 0 Å². The summed E-state index contributed by atoms with van der Waals surface area (Å²) in [5, 5.41) is 3.82. The van der Waals surface area contributed by atoms with Gasteiger partial charge in [-0.25, -0.2) is 9.97 Å². The number of hydrogen-bond acceptors (Lipinski definition) is 5. The summed E-state index contributed by atoms with van der Waals surface area (Å²) in [6.45, 7) is 7.45. The Morgan fingerprint density at radius 2 is 1.93 bits per heavy atom. The third kappa shape index (κ3) is 6.91. The normalized spacial score (nSPS) is 17.6. The quantitative estimate of drug-likeness (QED) is 0.544. The Kier molecular flexibility index (Phi) is 7.86. The van der Waals surface area contributed by atoms with Crippen molar-refractivity contribution in [3.63, 3.8) is 0 Å². The van der Waals surface area contributed by atoms with E-state index in [0.717, 1.165) is 38.9 Å². The van der Waals surface area contributed by atoms with Crippen LogP contribution in [0.4, 0.5) is 0 Å². The fraction of sp³-hybridized carbons (Fsp3) is 0.500. The van der Waals surface area contributed by atoms with Crippen LogP contribution in [0.15, 0.2) is 47.9 Å². The number of thioether (sulfide) groups is 1. The second-order valence-electron chi connectivity index (χ2n) is 7.88. The van der Waals surface area contributed by atoms with E-state index in [2.05, 4.69) is 58.3 Å². The van der Waals surface area contributed by atoms with Crippen LogP contribution in [-0.4, -0.2) is 45.7 Å². The summed E-state index contributed by atoms with van der Waals surface area (Å²) in [6, 6.07) is 11.0. The van der Waals surface area contributed by atoms with Crippen LogP contribution in [0.25, 0.3) is 0 Å². The van der Waals surface area contributed by atoms with Crippen molar-refractivity contribution in [1.82, 2.24) is 20.2 Å². The number of likely N-dealkylation sites (tertiary alicyclic amines) is 1. The van der Waals surface area contributed by atoms with Gasteiger partial charge in [0.05, 0.1) is 5.75 Å². The van der Waals surface area contributed by atoms with Crippen molar-refractivity contribution < 1.29 is 4.79 Å². The van der Waals surface area contributed by atoms with Crippen LogP contribution in [0.3, 0.4) is 0 Å². The lowest BCUT2D eigenvalue weighted by Crippen LogP contribution is -2.47. The number of nitrogens with one attached hydrogen (secondary N) is 1. The van der Waals surface area contributed by atoms with Crippen molar-refractivity contribution in [2.24, 2.45) is 5.92 Å². The van der Waals surface area contributed by atoms with Crippen LogP contribution in [-0.2, 0) is 17.8 Å². The van der Waals surface area contributed by atoms with E-state index in [4.69, 9.17) is 0 Å². The molecule has 2 aromatic rings. The van der Waals surface area contributed by atoms with Crippen molar-refractivity contribution in [2.45, 2.75) is 50.9 Å². The van der Waals surface area contributed by atoms with Crippen LogP contribution < -0.4 is 5.32 Å². The van der Waals surface area contributed by atoms with Crippen molar-refractivity contribution in [2.75, 3.05) is 18.8 Å². The number of benzene rings is 1. The number of nitrogens with zero attached hydrogens (tertiary/aromatic N) is 3. The molecule has 1 aliphatic heterocycles. The van der Waals surface area contributed by atoms with E-state index in [0.29, 0.717) is 16.8 Å². The first-order chi connectivity index (χ1) is 13.6. The molecule has 1 atom stereocenters. The molecule has 0 spiro atoms. The van der Waals surface area contributed by atoms with E-state index < -0.39 is 0 Å². The lowest BCUT2D eigenvalue weighted by molar-refractivity contribution is -0.119. The molecule has 0 saturated carbocycles. The summed E-state index contributed by atoms with van der Waals surface area (Å²) in [5.74, 6) is 1.10. The van der Waals surface area contributed by atoms with Gasteiger partial charge in [-0.05, 0) is 48.9 Å². The molecule has 1 fully saturated rings. The van der Waals surface area contributed by atoms with E-state index in [-0.39, 0.29) is 11.9 Å². The zero-order valence-corrected chi connectivity index (χ0v) is 17.6. The summed E-state index contributed by atoms with van der Waals surface area (Å²) in [7, 11) is 0. The number of carbonyl (C=O) groups excluding carboxylic acids is 1. The average Bonchev–Trinajstić information content (AvgIpc) is 2.69. The molecule has 150 valence electrons. The van der Waals surface area contributed by atoms with Crippen molar-refractivity contribution in [3.8, 4) is 0 Å². The standard InChI is InChI=1S/C22H30N4OS/c1-17(2)13-18-6-8-19(9-7-18)14-26-12-3-5-20(15-26)25-21(27)16-28-22-23-10-4-11-24-22/h4,6-11,17,20H,3,5,12-16H2,1-2H3,(H,25,27). The fourth-order valence-electron chi connectivity index (χ4n) is 3.59. The Labute approximate surface area is 172 Å². The first-order valence-electron chi connectivity index (χ1n) is 10.1. The molecular weight excluding hydrogens is 368 g/mol. The monoisotopic (exact) mass is 398 g/mol. The lowest BCUT2D eigenvalue weighted by Gasteiger charge is -2.33. The molecule has 0 bridgehead atoms.